The minimum absolute atomic E-state index is 0.118. The first kappa shape index (κ1) is 18.6. The summed E-state index contributed by atoms with van der Waals surface area (Å²) < 4.78 is 4.98. The highest BCUT2D eigenvalue weighted by Crippen LogP contribution is 2.34. The molecule has 0 bridgehead atoms. The van der Waals surface area contributed by atoms with E-state index in [4.69, 9.17) is 4.74 Å². The summed E-state index contributed by atoms with van der Waals surface area (Å²) >= 11 is 0. The lowest BCUT2D eigenvalue weighted by Gasteiger charge is -2.29. The van der Waals surface area contributed by atoms with E-state index in [0.29, 0.717) is 18.8 Å². The predicted octanol–water partition coefficient (Wildman–Crippen LogP) is 1.18. The Balaban J connectivity index is 1.45. The molecule has 0 aromatic rings. The number of carbonyl (C=O) groups is 4. The summed E-state index contributed by atoms with van der Waals surface area (Å²) in [5.41, 5.74) is 0. The summed E-state index contributed by atoms with van der Waals surface area (Å²) in [4.78, 5) is 49.6. The monoisotopic (exact) mass is 362 g/mol. The zero-order valence-electron chi connectivity index (χ0n) is 15.1. The van der Waals surface area contributed by atoms with Crippen molar-refractivity contribution in [3.8, 4) is 0 Å². The zero-order valence-corrected chi connectivity index (χ0v) is 15.1. The van der Waals surface area contributed by atoms with E-state index in [9.17, 15) is 19.2 Å². The van der Waals surface area contributed by atoms with Gasteiger partial charge in [-0.05, 0) is 31.6 Å². The maximum atomic E-state index is 12.3. The van der Waals surface area contributed by atoms with Gasteiger partial charge >= 0.3 is 5.97 Å². The number of hydrogen-bond acceptors (Lipinski definition) is 5. The standard InChI is InChI=1S/C19H26N2O5/c1-12-6-2-5-9-15(12)20-16(22)11-26-17(23)10-21-18(24)13-7-3-4-8-14(13)19(21)25/h3-4,12-15H,2,5-11H2,1H3,(H,20,22). The summed E-state index contributed by atoms with van der Waals surface area (Å²) in [7, 11) is 0. The highest BCUT2D eigenvalue weighted by atomic mass is 16.5. The van der Waals surface area contributed by atoms with Crippen LogP contribution in [-0.4, -0.2) is 47.8 Å². The maximum absolute atomic E-state index is 12.3. The number of rotatable bonds is 5. The second kappa shape index (κ2) is 8.01. The van der Waals surface area contributed by atoms with Crippen LogP contribution in [0.25, 0.3) is 0 Å². The third-order valence-corrected chi connectivity index (χ3v) is 5.71. The van der Waals surface area contributed by atoms with Gasteiger partial charge < -0.3 is 10.1 Å². The van der Waals surface area contributed by atoms with Gasteiger partial charge in [0.1, 0.15) is 6.54 Å². The Hall–Kier alpha value is -2.18. The Bertz CT molecular complexity index is 603. The molecule has 0 spiro atoms. The molecule has 26 heavy (non-hydrogen) atoms. The number of fused-ring (bicyclic) bond motifs is 1. The number of hydrogen-bond donors (Lipinski definition) is 1. The van der Waals surface area contributed by atoms with E-state index in [1.165, 1.54) is 6.42 Å². The van der Waals surface area contributed by atoms with Crippen molar-refractivity contribution >= 4 is 23.7 Å². The Morgan fingerprint density at radius 1 is 1.12 bits per heavy atom. The smallest absolute Gasteiger partial charge is 0.326 e. The summed E-state index contributed by atoms with van der Waals surface area (Å²) in [5.74, 6) is -2.02. The van der Waals surface area contributed by atoms with Crippen molar-refractivity contribution in [2.45, 2.75) is 51.5 Å². The van der Waals surface area contributed by atoms with Crippen LogP contribution in [0.15, 0.2) is 12.2 Å². The number of nitrogens with one attached hydrogen (secondary N) is 1. The highest BCUT2D eigenvalue weighted by Gasteiger charge is 2.47. The first-order valence-corrected chi connectivity index (χ1v) is 9.42. The lowest BCUT2D eigenvalue weighted by molar-refractivity contribution is -0.155. The van der Waals surface area contributed by atoms with Crippen molar-refractivity contribution < 1.29 is 23.9 Å². The summed E-state index contributed by atoms with van der Waals surface area (Å²) in [5, 5.41) is 2.90. The number of carbonyl (C=O) groups excluding carboxylic acids is 4. The quantitative estimate of drug-likeness (QED) is 0.450. The van der Waals surface area contributed by atoms with E-state index in [-0.39, 0.29) is 42.2 Å². The lowest BCUT2D eigenvalue weighted by atomic mass is 9.85. The normalized spacial score (nSPS) is 30.9. The molecule has 2 aliphatic carbocycles. The van der Waals surface area contributed by atoms with Crippen molar-refractivity contribution in [3.63, 3.8) is 0 Å². The molecular formula is C19H26N2O5. The minimum atomic E-state index is -0.731. The van der Waals surface area contributed by atoms with Gasteiger partial charge in [-0.1, -0.05) is 31.9 Å². The third kappa shape index (κ3) is 3.97. The van der Waals surface area contributed by atoms with E-state index < -0.39 is 12.5 Å². The molecule has 3 rings (SSSR count). The first-order valence-electron chi connectivity index (χ1n) is 9.42. The number of likely N-dealkylation sites (tertiary alicyclic amines) is 1. The third-order valence-electron chi connectivity index (χ3n) is 5.71. The second-order valence-electron chi connectivity index (χ2n) is 7.51. The number of esters is 1. The molecule has 7 heteroatoms. The molecule has 2 fully saturated rings. The van der Waals surface area contributed by atoms with E-state index in [1.807, 2.05) is 12.2 Å². The van der Waals surface area contributed by atoms with Crippen LogP contribution in [0.5, 0.6) is 0 Å². The van der Waals surface area contributed by atoms with Gasteiger partial charge in [-0.3, -0.25) is 24.1 Å². The molecule has 4 unspecified atom stereocenters. The molecule has 3 amide bonds. The van der Waals surface area contributed by atoms with Crippen LogP contribution in [0.3, 0.4) is 0 Å². The molecule has 7 nitrogen and oxygen atoms in total. The van der Waals surface area contributed by atoms with Crippen molar-refractivity contribution in [3.05, 3.63) is 12.2 Å². The molecule has 0 radical (unpaired) electrons. The second-order valence-corrected chi connectivity index (χ2v) is 7.51. The van der Waals surface area contributed by atoms with Gasteiger partial charge in [0, 0.05) is 6.04 Å². The Labute approximate surface area is 153 Å². The number of nitrogens with zero attached hydrogens (tertiary/aromatic N) is 1. The van der Waals surface area contributed by atoms with Crippen molar-refractivity contribution in [2.24, 2.45) is 17.8 Å². The average molecular weight is 362 g/mol. The molecule has 0 aromatic carbocycles. The summed E-state index contributed by atoms with van der Waals surface area (Å²) in [6.07, 6.45) is 9.14. The van der Waals surface area contributed by atoms with Crippen LogP contribution in [0.1, 0.15) is 45.4 Å². The molecular weight excluding hydrogens is 336 g/mol. The highest BCUT2D eigenvalue weighted by molar-refractivity contribution is 6.07. The first-order chi connectivity index (χ1) is 12.5. The van der Waals surface area contributed by atoms with E-state index in [1.54, 1.807) is 0 Å². The van der Waals surface area contributed by atoms with Crippen LogP contribution >= 0.6 is 0 Å². The number of allylic oxidation sites excluding steroid dienone is 2. The van der Waals surface area contributed by atoms with Gasteiger partial charge in [-0.25, -0.2) is 0 Å². The van der Waals surface area contributed by atoms with Gasteiger partial charge in [-0.2, -0.15) is 0 Å². The Morgan fingerprint density at radius 3 is 2.35 bits per heavy atom. The van der Waals surface area contributed by atoms with Gasteiger partial charge in [0.2, 0.25) is 11.8 Å². The summed E-state index contributed by atoms with van der Waals surface area (Å²) in [6, 6.07) is 0.118. The van der Waals surface area contributed by atoms with Gasteiger partial charge in [-0.15, -0.1) is 0 Å². The maximum Gasteiger partial charge on any atom is 0.326 e. The van der Waals surface area contributed by atoms with Crippen LogP contribution in [0.2, 0.25) is 0 Å². The number of imide groups is 1. The zero-order chi connectivity index (χ0) is 18.7. The topological polar surface area (TPSA) is 92.8 Å². The molecule has 0 aromatic heterocycles. The van der Waals surface area contributed by atoms with Gasteiger partial charge in [0.15, 0.2) is 6.61 Å². The Kier molecular flexibility index (Phi) is 5.74. The molecule has 1 N–H and O–H groups in total. The fourth-order valence-corrected chi connectivity index (χ4v) is 4.12. The molecule has 1 saturated carbocycles. The van der Waals surface area contributed by atoms with Crippen LogP contribution < -0.4 is 5.32 Å². The fraction of sp³-hybridized carbons (Fsp3) is 0.684. The fourth-order valence-electron chi connectivity index (χ4n) is 4.12. The van der Waals surface area contributed by atoms with E-state index in [2.05, 4.69) is 12.2 Å². The van der Waals surface area contributed by atoms with Gasteiger partial charge in [0.05, 0.1) is 11.8 Å². The van der Waals surface area contributed by atoms with Crippen LogP contribution in [0.4, 0.5) is 0 Å². The number of ether oxygens (including phenoxy) is 1. The predicted molar refractivity (Wildman–Crippen MR) is 92.6 cm³/mol. The van der Waals surface area contributed by atoms with Gasteiger partial charge in [0.25, 0.3) is 5.91 Å². The van der Waals surface area contributed by atoms with Crippen LogP contribution in [-0.2, 0) is 23.9 Å². The minimum Gasteiger partial charge on any atom is -0.454 e. The summed E-state index contributed by atoms with van der Waals surface area (Å²) in [6.45, 7) is 1.31. The molecule has 1 saturated heterocycles. The largest absolute Gasteiger partial charge is 0.454 e. The lowest BCUT2D eigenvalue weighted by Crippen LogP contribution is -2.43. The molecule has 3 aliphatic rings. The molecule has 142 valence electrons. The molecule has 4 atom stereocenters. The molecule has 1 heterocycles. The van der Waals surface area contributed by atoms with E-state index in [0.717, 1.165) is 24.2 Å². The number of amides is 3. The SMILES string of the molecule is CC1CCCCC1NC(=O)COC(=O)CN1C(=O)C2CC=CCC2C1=O. The van der Waals surface area contributed by atoms with E-state index >= 15 is 0 Å². The van der Waals surface area contributed by atoms with Crippen LogP contribution in [0, 0.1) is 17.8 Å². The average Bonchev–Trinajstić information content (AvgIpc) is 2.87. The Morgan fingerprint density at radius 2 is 1.73 bits per heavy atom. The van der Waals surface area contributed by atoms with Crippen molar-refractivity contribution in [2.75, 3.05) is 13.2 Å². The van der Waals surface area contributed by atoms with Crippen molar-refractivity contribution in [1.82, 2.24) is 10.2 Å². The van der Waals surface area contributed by atoms with Crippen molar-refractivity contribution in [1.29, 1.82) is 0 Å². The molecule has 1 aliphatic heterocycles.